The smallest absolute Gasteiger partial charge is 0.322 e. The van der Waals surface area contributed by atoms with Crippen molar-refractivity contribution in [2.24, 2.45) is 0 Å². The van der Waals surface area contributed by atoms with Gasteiger partial charge in [0, 0.05) is 6.54 Å². The van der Waals surface area contributed by atoms with Crippen molar-refractivity contribution in [3.8, 4) is 0 Å². The first-order chi connectivity index (χ1) is 9.84. The van der Waals surface area contributed by atoms with Crippen molar-refractivity contribution < 1.29 is 22.7 Å². The van der Waals surface area contributed by atoms with Gasteiger partial charge in [-0.05, 0) is 47.0 Å². The van der Waals surface area contributed by atoms with E-state index in [1.54, 1.807) is 0 Å². The van der Waals surface area contributed by atoms with Crippen LogP contribution in [0, 0.1) is 5.82 Å². The molecule has 0 saturated carbocycles. The molecule has 0 amide bonds. The first-order valence-corrected chi connectivity index (χ1v) is 8.77. The van der Waals surface area contributed by atoms with Gasteiger partial charge in [-0.3, -0.25) is 4.79 Å². The minimum absolute atomic E-state index is 0.136. The number of carboxylic acid groups (broad SMARTS) is 1. The second-order valence-electron chi connectivity index (χ2n) is 4.90. The topological polar surface area (TPSA) is 74.7 Å². The summed E-state index contributed by atoms with van der Waals surface area (Å²) >= 11 is 2.96. The van der Waals surface area contributed by atoms with Gasteiger partial charge in [-0.1, -0.05) is 12.8 Å². The summed E-state index contributed by atoms with van der Waals surface area (Å²) in [6.07, 6.45) is 2.32. The van der Waals surface area contributed by atoms with Crippen molar-refractivity contribution in [1.82, 2.24) is 4.31 Å². The predicted molar refractivity (Wildman–Crippen MR) is 77.9 cm³/mol. The maximum absolute atomic E-state index is 13.6. The fourth-order valence-electron chi connectivity index (χ4n) is 2.39. The Labute approximate surface area is 130 Å². The Bertz CT molecular complexity index is 650. The summed E-state index contributed by atoms with van der Waals surface area (Å²) in [6.45, 7) is 0.136. The Morgan fingerprint density at radius 3 is 2.67 bits per heavy atom. The summed E-state index contributed by atoms with van der Waals surface area (Å²) in [6, 6.07) is 2.38. The summed E-state index contributed by atoms with van der Waals surface area (Å²) in [5, 5.41) is 9.25. The van der Waals surface area contributed by atoms with E-state index < -0.39 is 27.9 Å². The number of carboxylic acids is 1. The number of nitrogens with zero attached hydrogens (tertiary/aromatic N) is 1. The van der Waals surface area contributed by atoms with E-state index in [1.807, 2.05) is 0 Å². The van der Waals surface area contributed by atoms with Crippen LogP contribution >= 0.6 is 15.9 Å². The van der Waals surface area contributed by atoms with Gasteiger partial charge >= 0.3 is 5.97 Å². The summed E-state index contributed by atoms with van der Waals surface area (Å²) in [7, 11) is -4.03. The van der Waals surface area contributed by atoms with Crippen molar-refractivity contribution in [2.75, 3.05) is 6.54 Å². The molecule has 1 atom stereocenters. The normalized spacial score (nSPS) is 21.0. The van der Waals surface area contributed by atoms with Gasteiger partial charge < -0.3 is 5.11 Å². The third-order valence-corrected chi connectivity index (χ3v) is 6.03. The molecule has 2 rings (SSSR count). The first-order valence-electron chi connectivity index (χ1n) is 6.54. The third-order valence-electron chi connectivity index (χ3n) is 3.49. The minimum Gasteiger partial charge on any atom is -0.480 e. The van der Waals surface area contributed by atoms with E-state index in [0.29, 0.717) is 12.8 Å². The van der Waals surface area contributed by atoms with Gasteiger partial charge in [0.1, 0.15) is 11.9 Å². The largest absolute Gasteiger partial charge is 0.480 e. The molecule has 8 heteroatoms. The lowest BCUT2D eigenvalue weighted by atomic mass is 10.1. The Kier molecular flexibility index (Phi) is 5.00. The second-order valence-corrected chi connectivity index (χ2v) is 7.64. The molecule has 0 aliphatic carbocycles. The highest BCUT2D eigenvalue weighted by Gasteiger charge is 2.36. The molecular formula is C13H15BrFNO4S. The number of rotatable bonds is 3. The lowest BCUT2D eigenvalue weighted by Crippen LogP contribution is -2.44. The quantitative estimate of drug-likeness (QED) is 0.875. The second kappa shape index (κ2) is 6.41. The molecule has 1 aliphatic rings. The van der Waals surface area contributed by atoms with Crippen molar-refractivity contribution in [2.45, 2.75) is 36.6 Å². The average molecular weight is 380 g/mol. The lowest BCUT2D eigenvalue weighted by Gasteiger charge is -2.26. The van der Waals surface area contributed by atoms with Crippen LogP contribution in [0.2, 0.25) is 0 Å². The summed E-state index contributed by atoms with van der Waals surface area (Å²) in [5.41, 5.74) is 0. The number of aliphatic carboxylic acids is 1. The molecule has 1 aromatic carbocycles. The summed E-state index contributed by atoms with van der Waals surface area (Å²) in [5.74, 6) is -1.86. The maximum Gasteiger partial charge on any atom is 0.322 e. The van der Waals surface area contributed by atoms with Gasteiger partial charge in [0.25, 0.3) is 0 Å². The molecule has 1 saturated heterocycles. The Balaban J connectivity index is 2.43. The zero-order valence-electron chi connectivity index (χ0n) is 11.1. The molecule has 0 radical (unpaired) electrons. The monoisotopic (exact) mass is 379 g/mol. The van der Waals surface area contributed by atoms with Gasteiger partial charge in [0.2, 0.25) is 10.0 Å². The zero-order chi connectivity index (χ0) is 15.6. The van der Waals surface area contributed by atoms with Crippen molar-refractivity contribution >= 4 is 31.9 Å². The van der Waals surface area contributed by atoms with Crippen molar-refractivity contribution in [1.29, 1.82) is 0 Å². The molecule has 1 unspecified atom stereocenters. The van der Waals surface area contributed by atoms with Crippen LogP contribution in [0.3, 0.4) is 0 Å². The Hall–Kier alpha value is -0.990. The number of halogens is 2. The van der Waals surface area contributed by atoms with Crippen LogP contribution < -0.4 is 0 Å². The fourth-order valence-corrected chi connectivity index (χ4v) is 4.30. The zero-order valence-corrected chi connectivity index (χ0v) is 13.5. The molecule has 1 heterocycles. The van der Waals surface area contributed by atoms with Crippen LogP contribution in [-0.4, -0.2) is 36.4 Å². The number of hydrogen-bond donors (Lipinski definition) is 1. The van der Waals surface area contributed by atoms with E-state index in [1.165, 1.54) is 12.1 Å². The maximum atomic E-state index is 13.6. The molecule has 0 bridgehead atoms. The third kappa shape index (κ3) is 3.44. The fraction of sp³-hybridized carbons (Fsp3) is 0.462. The van der Waals surface area contributed by atoms with E-state index in [-0.39, 0.29) is 22.3 Å². The number of benzene rings is 1. The molecule has 5 nitrogen and oxygen atoms in total. The lowest BCUT2D eigenvalue weighted by molar-refractivity contribution is -0.141. The first kappa shape index (κ1) is 16.4. The van der Waals surface area contributed by atoms with E-state index in [9.17, 15) is 22.7 Å². The molecule has 0 spiro atoms. The summed E-state index contributed by atoms with van der Waals surface area (Å²) < 4.78 is 39.9. The SMILES string of the molecule is O=C(O)C1CCCCCN1S(=O)(=O)c1ccc(Br)c(F)c1. The minimum atomic E-state index is -4.03. The van der Waals surface area contributed by atoms with Crippen molar-refractivity contribution in [3.63, 3.8) is 0 Å². The van der Waals surface area contributed by atoms with Crippen molar-refractivity contribution in [3.05, 3.63) is 28.5 Å². The van der Waals surface area contributed by atoms with Gasteiger partial charge in [0.15, 0.2) is 0 Å². The van der Waals surface area contributed by atoms with E-state index in [0.717, 1.165) is 16.8 Å². The highest BCUT2D eigenvalue weighted by atomic mass is 79.9. The standard InChI is InChI=1S/C13H15BrFNO4S/c14-10-6-5-9(8-11(10)15)21(19,20)16-7-3-1-2-4-12(16)13(17)18/h5-6,8,12H,1-4,7H2,(H,17,18). The Morgan fingerprint density at radius 1 is 1.33 bits per heavy atom. The highest BCUT2D eigenvalue weighted by Crippen LogP contribution is 2.27. The van der Waals surface area contributed by atoms with Crippen LogP contribution in [-0.2, 0) is 14.8 Å². The van der Waals surface area contributed by atoms with Gasteiger partial charge in [-0.15, -0.1) is 0 Å². The molecule has 116 valence electrons. The number of sulfonamides is 1. The molecular weight excluding hydrogens is 365 g/mol. The van der Waals surface area contributed by atoms with E-state index in [4.69, 9.17) is 0 Å². The average Bonchev–Trinajstić information content (AvgIpc) is 2.67. The van der Waals surface area contributed by atoms with Crippen LogP contribution in [0.15, 0.2) is 27.6 Å². The van der Waals surface area contributed by atoms with Crippen LogP contribution in [0.1, 0.15) is 25.7 Å². The molecule has 1 N–H and O–H groups in total. The summed E-state index contributed by atoms with van der Waals surface area (Å²) in [4.78, 5) is 11.1. The molecule has 1 fully saturated rings. The molecule has 0 aromatic heterocycles. The van der Waals surface area contributed by atoms with Crippen LogP contribution in [0.4, 0.5) is 4.39 Å². The molecule has 1 aliphatic heterocycles. The predicted octanol–water partition coefficient (Wildman–Crippen LogP) is 2.61. The number of hydrogen-bond acceptors (Lipinski definition) is 3. The molecule has 1 aromatic rings. The van der Waals surface area contributed by atoms with Gasteiger partial charge in [-0.2, -0.15) is 4.31 Å². The van der Waals surface area contributed by atoms with E-state index in [2.05, 4.69) is 15.9 Å². The van der Waals surface area contributed by atoms with Gasteiger partial charge in [0.05, 0.1) is 9.37 Å². The van der Waals surface area contributed by atoms with Gasteiger partial charge in [-0.25, -0.2) is 12.8 Å². The van der Waals surface area contributed by atoms with Crippen LogP contribution in [0.5, 0.6) is 0 Å². The molecule has 21 heavy (non-hydrogen) atoms. The highest BCUT2D eigenvalue weighted by molar-refractivity contribution is 9.10. The Morgan fingerprint density at radius 2 is 2.05 bits per heavy atom. The number of carbonyl (C=O) groups is 1. The van der Waals surface area contributed by atoms with E-state index >= 15 is 0 Å². The van der Waals surface area contributed by atoms with Crippen LogP contribution in [0.25, 0.3) is 0 Å².